The van der Waals surface area contributed by atoms with E-state index in [1.54, 1.807) is 6.20 Å². The van der Waals surface area contributed by atoms with Crippen molar-refractivity contribution in [3.63, 3.8) is 0 Å². The van der Waals surface area contributed by atoms with Gasteiger partial charge in [0, 0.05) is 6.42 Å². The summed E-state index contributed by atoms with van der Waals surface area (Å²) in [6.45, 7) is 3.50. The molecule has 56 valence electrons. The fraction of sp³-hybridized carbons (Fsp3) is 0.625. The summed E-state index contributed by atoms with van der Waals surface area (Å²) in [5.41, 5.74) is 0. The number of hydrogen-bond donors (Lipinski definition) is 2. The molecule has 1 aliphatic carbocycles. The summed E-state index contributed by atoms with van der Waals surface area (Å²) in [7, 11) is 0. The molecule has 2 N–H and O–H groups in total. The third kappa shape index (κ3) is 1.87. The standard InChI is InChI=1S/C8H14N2/c1-2-10-8(9)6-7-4-3-5-7/h2,7H,1,3-6H2,(H2,9,10). The van der Waals surface area contributed by atoms with Gasteiger partial charge in [-0.3, -0.25) is 5.41 Å². The van der Waals surface area contributed by atoms with Crippen LogP contribution in [0.25, 0.3) is 0 Å². The van der Waals surface area contributed by atoms with Gasteiger partial charge in [-0.15, -0.1) is 0 Å². The number of hydrogen-bond acceptors (Lipinski definition) is 1. The quantitative estimate of drug-likeness (QED) is 0.453. The molecule has 10 heavy (non-hydrogen) atoms. The first-order valence-electron chi connectivity index (χ1n) is 3.78. The van der Waals surface area contributed by atoms with Crippen molar-refractivity contribution >= 4 is 5.84 Å². The summed E-state index contributed by atoms with van der Waals surface area (Å²) in [6, 6.07) is 0. The van der Waals surface area contributed by atoms with E-state index in [2.05, 4.69) is 11.9 Å². The zero-order valence-electron chi connectivity index (χ0n) is 6.19. The molecule has 0 saturated heterocycles. The van der Waals surface area contributed by atoms with Crippen LogP contribution in [0.2, 0.25) is 0 Å². The Kier molecular flexibility index (Phi) is 2.49. The molecule has 0 amide bonds. The molecule has 1 fully saturated rings. The first-order valence-corrected chi connectivity index (χ1v) is 3.78. The van der Waals surface area contributed by atoms with Crippen LogP contribution in [0.1, 0.15) is 25.7 Å². The molecule has 0 atom stereocenters. The molecule has 1 aliphatic rings. The van der Waals surface area contributed by atoms with Gasteiger partial charge in [0.25, 0.3) is 0 Å². The van der Waals surface area contributed by atoms with Crippen LogP contribution >= 0.6 is 0 Å². The second-order valence-corrected chi connectivity index (χ2v) is 2.83. The van der Waals surface area contributed by atoms with Crippen molar-refractivity contribution in [1.82, 2.24) is 5.32 Å². The molecule has 0 bridgehead atoms. The minimum atomic E-state index is 0.611. The fourth-order valence-corrected chi connectivity index (χ4v) is 1.17. The van der Waals surface area contributed by atoms with Gasteiger partial charge in [-0.05, 0) is 12.1 Å². The van der Waals surface area contributed by atoms with E-state index in [1.807, 2.05) is 0 Å². The third-order valence-electron chi connectivity index (χ3n) is 1.99. The highest BCUT2D eigenvalue weighted by Gasteiger charge is 2.18. The summed E-state index contributed by atoms with van der Waals surface area (Å²) in [5.74, 6) is 1.39. The van der Waals surface area contributed by atoms with Crippen molar-refractivity contribution in [2.24, 2.45) is 5.92 Å². The van der Waals surface area contributed by atoms with E-state index in [1.165, 1.54) is 19.3 Å². The van der Waals surface area contributed by atoms with Gasteiger partial charge in [-0.2, -0.15) is 0 Å². The van der Waals surface area contributed by atoms with Crippen LogP contribution in [0.5, 0.6) is 0 Å². The zero-order valence-corrected chi connectivity index (χ0v) is 6.19. The molecule has 0 radical (unpaired) electrons. The van der Waals surface area contributed by atoms with Crippen LogP contribution in [-0.2, 0) is 0 Å². The summed E-state index contributed by atoms with van der Waals surface area (Å²) >= 11 is 0. The summed E-state index contributed by atoms with van der Waals surface area (Å²) < 4.78 is 0. The van der Waals surface area contributed by atoms with E-state index in [-0.39, 0.29) is 0 Å². The van der Waals surface area contributed by atoms with Gasteiger partial charge in [-0.25, -0.2) is 0 Å². The summed E-state index contributed by atoms with van der Waals surface area (Å²) in [4.78, 5) is 0. The largest absolute Gasteiger partial charge is 0.351 e. The Morgan fingerprint density at radius 3 is 2.80 bits per heavy atom. The highest BCUT2D eigenvalue weighted by atomic mass is 14.9. The van der Waals surface area contributed by atoms with Crippen LogP contribution in [0.15, 0.2) is 12.8 Å². The van der Waals surface area contributed by atoms with Gasteiger partial charge in [0.2, 0.25) is 0 Å². The van der Waals surface area contributed by atoms with Crippen LogP contribution in [0.3, 0.4) is 0 Å². The lowest BCUT2D eigenvalue weighted by molar-refractivity contribution is 0.325. The average Bonchev–Trinajstić information content (AvgIpc) is 1.80. The second-order valence-electron chi connectivity index (χ2n) is 2.83. The Bertz CT molecular complexity index is 136. The topological polar surface area (TPSA) is 35.9 Å². The Hall–Kier alpha value is -0.790. The predicted molar refractivity (Wildman–Crippen MR) is 43.0 cm³/mol. The highest BCUT2D eigenvalue weighted by Crippen LogP contribution is 2.28. The van der Waals surface area contributed by atoms with E-state index >= 15 is 0 Å². The molecular weight excluding hydrogens is 124 g/mol. The molecular formula is C8H14N2. The molecule has 0 heterocycles. The maximum Gasteiger partial charge on any atom is 0.0973 e. The van der Waals surface area contributed by atoms with E-state index in [9.17, 15) is 0 Å². The monoisotopic (exact) mass is 138 g/mol. The van der Waals surface area contributed by atoms with Gasteiger partial charge < -0.3 is 5.32 Å². The Balaban J connectivity index is 2.10. The normalized spacial score (nSPS) is 17.6. The minimum absolute atomic E-state index is 0.611. The maximum atomic E-state index is 7.37. The lowest BCUT2D eigenvalue weighted by Crippen LogP contribution is -2.22. The Labute approximate surface area is 61.8 Å². The van der Waals surface area contributed by atoms with Gasteiger partial charge in [0.05, 0.1) is 5.84 Å². The van der Waals surface area contributed by atoms with Gasteiger partial charge in [-0.1, -0.05) is 25.8 Å². The van der Waals surface area contributed by atoms with Crippen molar-refractivity contribution < 1.29 is 0 Å². The Morgan fingerprint density at radius 1 is 1.70 bits per heavy atom. The molecule has 2 heteroatoms. The lowest BCUT2D eigenvalue weighted by Gasteiger charge is -2.25. The second kappa shape index (κ2) is 3.40. The first-order chi connectivity index (χ1) is 4.83. The molecule has 0 unspecified atom stereocenters. The van der Waals surface area contributed by atoms with Crippen LogP contribution in [0, 0.1) is 11.3 Å². The molecule has 0 aliphatic heterocycles. The summed E-state index contributed by atoms with van der Waals surface area (Å²) in [6.07, 6.45) is 6.45. The van der Waals surface area contributed by atoms with Crippen molar-refractivity contribution in [3.05, 3.63) is 12.8 Å². The minimum Gasteiger partial charge on any atom is -0.351 e. The van der Waals surface area contributed by atoms with Crippen molar-refractivity contribution in [3.8, 4) is 0 Å². The smallest absolute Gasteiger partial charge is 0.0973 e. The van der Waals surface area contributed by atoms with Crippen molar-refractivity contribution in [2.75, 3.05) is 0 Å². The van der Waals surface area contributed by atoms with Gasteiger partial charge in [0.15, 0.2) is 0 Å². The van der Waals surface area contributed by atoms with Crippen LogP contribution in [-0.4, -0.2) is 5.84 Å². The number of rotatable bonds is 3. The van der Waals surface area contributed by atoms with E-state index in [4.69, 9.17) is 5.41 Å². The molecule has 0 aromatic carbocycles. The zero-order chi connectivity index (χ0) is 7.40. The predicted octanol–water partition coefficient (Wildman–Crippen LogP) is 1.89. The van der Waals surface area contributed by atoms with Crippen LogP contribution in [0.4, 0.5) is 0 Å². The van der Waals surface area contributed by atoms with E-state index < -0.39 is 0 Å². The maximum absolute atomic E-state index is 7.37. The van der Waals surface area contributed by atoms with Crippen LogP contribution < -0.4 is 5.32 Å². The molecule has 1 saturated carbocycles. The average molecular weight is 138 g/mol. The highest BCUT2D eigenvalue weighted by molar-refractivity contribution is 5.80. The SMILES string of the molecule is C=CNC(=N)CC1CCC1. The summed E-state index contributed by atoms with van der Waals surface area (Å²) in [5, 5.41) is 10.2. The number of nitrogens with one attached hydrogen (secondary N) is 2. The lowest BCUT2D eigenvalue weighted by atomic mass is 9.83. The molecule has 2 nitrogen and oxygen atoms in total. The third-order valence-corrected chi connectivity index (χ3v) is 1.99. The molecule has 0 spiro atoms. The van der Waals surface area contributed by atoms with Gasteiger partial charge >= 0.3 is 0 Å². The number of amidine groups is 1. The fourth-order valence-electron chi connectivity index (χ4n) is 1.17. The van der Waals surface area contributed by atoms with Crippen molar-refractivity contribution in [2.45, 2.75) is 25.7 Å². The molecule has 0 aromatic heterocycles. The van der Waals surface area contributed by atoms with Crippen molar-refractivity contribution in [1.29, 1.82) is 5.41 Å². The first kappa shape index (κ1) is 7.32. The molecule has 0 aromatic rings. The van der Waals surface area contributed by atoms with E-state index in [0.717, 1.165) is 12.3 Å². The van der Waals surface area contributed by atoms with E-state index in [0.29, 0.717) is 5.84 Å². The molecule has 1 rings (SSSR count). The van der Waals surface area contributed by atoms with Gasteiger partial charge in [0.1, 0.15) is 0 Å². The Morgan fingerprint density at radius 2 is 2.40 bits per heavy atom.